The van der Waals surface area contributed by atoms with Crippen LogP contribution in [0.5, 0.6) is 0 Å². The van der Waals surface area contributed by atoms with Gasteiger partial charge in [-0.3, -0.25) is 9.59 Å². The first-order valence-corrected chi connectivity index (χ1v) is 8.38. The van der Waals surface area contributed by atoms with Crippen molar-refractivity contribution in [2.75, 3.05) is 10.6 Å². The minimum Gasteiger partial charge on any atom is -0.441 e. The van der Waals surface area contributed by atoms with E-state index in [0.717, 1.165) is 0 Å². The number of rotatable bonds is 6. The number of carbonyl (C=O) groups is 2. The number of carbonyl (C=O) groups excluding carboxylic acids is 2. The fourth-order valence-corrected chi connectivity index (χ4v) is 2.53. The Hall–Kier alpha value is -3.48. The molecule has 0 aliphatic carbocycles. The quantitative estimate of drug-likeness (QED) is 0.689. The summed E-state index contributed by atoms with van der Waals surface area (Å²) < 4.78 is 19.3. The average Bonchev–Trinajstić information content (AvgIpc) is 3.09. The van der Waals surface area contributed by atoms with E-state index in [4.69, 9.17) is 4.42 Å². The third-order valence-electron chi connectivity index (χ3n) is 3.73. The molecule has 1 aromatic heterocycles. The van der Waals surface area contributed by atoms with Crippen molar-refractivity contribution in [2.24, 2.45) is 0 Å². The number of benzene rings is 2. The van der Waals surface area contributed by atoms with Crippen molar-refractivity contribution in [3.63, 3.8) is 0 Å². The molecule has 7 heteroatoms. The zero-order chi connectivity index (χ0) is 19.2. The van der Waals surface area contributed by atoms with Gasteiger partial charge >= 0.3 is 0 Å². The van der Waals surface area contributed by atoms with Crippen molar-refractivity contribution in [1.82, 2.24) is 4.98 Å². The van der Waals surface area contributed by atoms with Gasteiger partial charge in [0.1, 0.15) is 5.82 Å². The van der Waals surface area contributed by atoms with E-state index in [0.29, 0.717) is 28.6 Å². The van der Waals surface area contributed by atoms with Gasteiger partial charge in [0.2, 0.25) is 11.8 Å². The Labute approximate surface area is 155 Å². The van der Waals surface area contributed by atoms with Crippen molar-refractivity contribution in [3.8, 4) is 11.3 Å². The maximum absolute atomic E-state index is 13.8. The largest absolute Gasteiger partial charge is 0.441 e. The molecule has 0 aliphatic heterocycles. The number of aromatic nitrogens is 1. The summed E-state index contributed by atoms with van der Waals surface area (Å²) in [6.07, 6.45) is 1.88. The molecule has 2 N–H and O–H groups in total. The van der Waals surface area contributed by atoms with E-state index in [1.807, 2.05) is 0 Å². The molecule has 0 unspecified atom stereocenters. The lowest BCUT2D eigenvalue weighted by Crippen LogP contribution is -2.13. The maximum Gasteiger partial charge on any atom is 0.224 e. The standard InChI is InChI=1S/C20H18FN3O3/c1-13(25)23-14-5-4-6-15(11-14)24-19(26)9-10-20-22-12-18(27-20)16-7-2-3-8-17(16)21/h2-8,11-12H,9-10H2,1H3,(H,23,25)(H,24,26). The van der Waals surface area contributed by atoms with Crippen molar-refractivity contribution in [1.29, 1.82) is 0 Å². The van der Waals surface area contributed by atoms with E-state index < -0.39 is 5.82 Å². The van der Waals surface area contributed by atoms with E-state index in [-0.39, 0.29) is 24.7 Å². The van der Waals surface area contributed by atoms with E-state index in [1.54, 1.807) is 42.5 Å². The zero-order valence-corrected chi connectivity index (χ0v) is 14.7. The third kappa shape index (κ3) is 5.01. The second-order valence-electron chi connectivity index (χ2n) is 5.91. The first-order chi connectivity index (χ1) is 13.0. The molecule has 138 valence electrons. The number of nitrogens with zero attached hydrogens (tertiary/aromatic N) is 1. The Morgan fingerprint density at radius 2 is 1.81 bits per heavy atom. The van der Waals surface area contributed by atoms with E-state index >= 15 is 0 Å². The normalized spacial score (nSPS) is 10.4. The lowest BCUT2D eigenvalue weighted by Gasteiger charge is -2.07. The van der Waals surface area contributed by atoms with Crippen molar-refractivity contribution >= 4 is 23.2 Å². The van der Waals surface area contributed by atoms with Crippen LogP contribution in [0.1, 0.15) is 19.2 Å². The van der Waals surface area contributed by atoms with Crippen LogP contribution in [-0.2, 0) is 16.0 Å². The second-order valence-corrected chi connectivity index (χ2v) is 5.91. The molecule has 3 rings (SSSR count). The van der Waals surface area contributed by atoms with Gasteiger partial charge in [0.05, 0.1) is 11.8 Å². The predicted molar refractivity (Wildman–Crippen MR) is 99.6 cm³/mol. The molecule has 0 spiro atoms. The second kappa shape index (κ2) is 8.27. The van der Waals surface area contributed by atoms with Gasteiger partial charge in [0.15, 0.2) is 11.7 Å². The predicted octanol–water partition coefficient (Wildman–Crippen LogP) is 4.01. The molecule has 0 saturated heterocycles. The smallest absolute Gasteiger partial charge is 0.224 e. The number of nitrogens with one attached hydrogen (secondary N) is 2. The van der Waals surface area contributed by atoms with E-state index in [1.165, 1.54) is 19.2 Å². The van der Waals surface area contributed by atoms with Gasteiger partial charge < -0.3 is 15.1 Å². The third-order valence-corrected chi connectivity index (χ3v) is 3.73. The highest BCUT2D eigenvalue weighted by Crippen LogP contribution is 2.23. The number of oxazole rings is 1. The SMILES string of the molecule is CC(=O)Nc1cccc(NC(=O)CCc2ncc(-c3ccccc3F)o2)c1. The topological polar surface area (TPSA) is 84.2 Å². The van der Waals surface area contributed by atoms with Gasteiger partial charge in [-0.2, -0.15) is 0 Å². The zero-order valence-electron chi connectivity index (χ0n) is 14.7. The summed E-state index contributed by atoms with van der Waals surface area (Å²) in [4.78, 5) is 27.3. The molecule has 2 amide bonds. The lowest BCUT2D eigenvalue weighted by atomic mass is 10.2. The molecular formula is C20H18FN3O3. The number of hydrogen-bond acceptors (Lipinski definition) is 4. The lowest BCUT2D eigenvalue weighted by molar-refractivity contribution is -0.116. The highest BCUT2D eigenvalue weighted by Gasteiger charge is 2.12. The Kier molecular flexibility index (Phi) is 5.61. The minimum absolute atomic E-state index is 0.154. The summed E-state index contributed by atoms with van der Waals surface area (Å²) in [5, 5.41) is 5.41. The van der Waals surface area contributed by atoms with Gasteiger partial charge in [-0.25, -0.2) is 9.37 Å². The van der Waals surface area contributed by atoms with Gasteiger partial charge in [0, 0.05) is 31.1 Å². The van der Waals surface area contributed by atoms with Gasteiger partial charge in [0.25, 0.3) is 0 Å². The van der Waals surface area contributed by atoms with Crippen molar-refractivity contribution < 1.29 is 18.4 Å². The van der Waals surface area contributed by atoms with Crippen LogP contribution >= 0.6 is 0 Å². The fraction of sp³-hybridized carbons (Fsp3) is 0.150. The van der Waals surface area contributed by atoms with Crippen LogP contribution in [0.3, 0.4) is 0 Å². The van der Waals surface area contributed by atoms with E-state index in [2.05, 4.69) is 15.6 Å². The first kappa shape index (κ1) is 18.3. The van der Waals surface area contributed by atoms with Crippen LogP contribution in [0.4, 0.5) is 15.8 Å². The number of amides is 2. The van der Waals surface area contributed by atoms with Gasteiger partial charge in [-0.15, -0.1) is 0 Å². The van der Waals surface area contributed by atoms with Crippen LogP contribution < -0.4 is 10.6 Å². The molecule has 0 atom stereocenters. The molecule has 0 bridgehead atoms. The Morgan fingerprint density at radius 1 is 1.07 bits per heavy atom. The summed E-state index contributed by atoms with van der Waals surface area (Å²) in [5.74, 6) is -0.118. The molecular weight excluding hydrogens is 349 g/mol. The Bertz CT molecular complexity index is 968. The van der Waals surface area contributed by atoms with Crippen molar-refractivity contribution in [3.05, 3.63) is 66.4 Å². The van der Waals surface area contributed by atoms with Crippen LogP contribution in [0.2, 0.25) is 0 Å². The highest BCUT2D eigenvalue weighted by atomic mass is 19.1. The molecule has 0 aliphatic rings. The van der Waals surface area contributed by atoms with Crippen LogP contribution in [0.25, 0.3) is 11.3 Å². The average molecular weight is 367 g/mol. The number of aryl methyl sites for hydroxylation is 1. The maximum atomic E-state index is 13.8. The number of anilines is 2. The van der Waals surface area contributed by atoms with Gasteiger partial charge in [-0.1, -0.05) is 18.2 Å². The summed E-state index contributed by atoms with van der Waals surface area (Å²) in [6.45, 7) is 1.41. The number of halogens is 1. The monoisotopic (exact) mass is 367 g/mol. The van der Waals surface area contributed by atoms with Crippen molar-refractivity contribution in [2.45, 2.75) is 19.8 Å². The van der Waals surface area contributed by atoms with Crippen LogP contribution in [0, 0.1) is 5.82 Å². The summed E-state index contributed by atoms with van der Waals surface area (Å²) >= 11 is 0. The molecule has 27 heavy (non-hydrogen) atoms. The summed E-state index contributed by atoms with van der Waals surface area (Å²) in [5.41, 5.74) is 1.50. The first-order valence-electron chi connectivity index (χ1n) is 8.38. The molecule has 0 radical (unpaired) electrons. The summed E-state index contributed by atoms with van der Waals surface area (Å²) in [6, 6.07) is 13.1. The molecule has 6 nitrogen and oxygen atoms in total. The Morgan fingerprint density at radius 3 is 2.56 bits per heavy atom. The molecule has 1 heterocycles. The molecule has 2 aromatic carbocycles. The highest BCUT2D eigenvalue weighted by molar-refractivity contribution is 5.93. The minimum atomic E-state index is -0.392. The van der Waals surface area contributed by atoms with E-state index in [9.17, 15) is 14.0 Å². The number of hydrogen-bond donors (Lipinski definition) is 2. The fourth-order valence-electron chi connectivity index (χ4n) is 2.53. The molecule has 3 aromatic rings. The van der Waals surface area contributed by atoms with Crippen LogP contribution in [-0.4, -0.2) is 16.8 Å². The molecule has 0 saturated carbocycles. The van der Waals surface area contributed by atoms with Crippen LogP contribution in [0.15, 0.2) is 59.1 Å². The Balaban J connectivity index is 1.57. The summed E-state index contributed by atoms with van der Waals surface area (Å²) in [7, 11) is 0. The molecule has 0 fully saturated rings. The van der Waals surface area contributed by atoms with Gasteiger partial charge in [-0.05, 0) is 30.3 Å².